The minimum absolute atomic E-state index is 0.299. The molecule has 9 nitrogen and oxygen atoms in total. The number of nitrogens with zero attached hydrogens (tertiary/aromatic N) is 7. The zero-order chi connectivity index (χ0) is 53.0. The third-order valence-corrected chi connectivity index (χ3v) is 15.9. The second-order valence-electron chi connectivity index (χ2n) is 20.7. The molecule has 14 rings (SSSR count). The number of para-hydroxylation sites is 3. The molecule has 0 bridgehead atoms. The topological polar surface area (TPSA) is 84.6 Å². The fourth-order valence-corrected chi connectivity index (χ4v) is 12.4. The van der Waals surface area contributed by atoms with Crippen LogP contribution in [-0.4, -0.2) is 30.9 Å². The lowest BCUT2D eigenvalue weighted by Crippen LogP contribution is -2.51. The highest BCUT2D eigenvalue weighted by Crippen LogP contribution is 2.47. The van der Waals surface area contributed by atoms with Crippen molar-refractivity contribution in [3.8, 4) is 11.3 Å². The van der Waals surface area contributed by atoms with Gasteiger partial charge in [-0.1, -0.05) is 201 Å². The second kappa shape index (κ2) is 20.0. The zero-order valence-corrected chi connectivity index (χ0v) is 44.3. The van der Waals surface area contributed by atoms with Gasteiger partial charge >= 0.3 is 0 Å². The Morgan fingerprint density at radius 1 is 0.696 bits per heavy atom. The maximum absolute atomic E-state index is 6.64. The van der Waals surface area contributed by atoms with E-state index < -0.39 is 0 Å². The predicted octanol–water partition coefficient (Wildman–Crippen LogP) is 15.1. The highest BCUT2D eigenvalue weighted by molar-refractivity contribution is 6.23. The van der Waals surface area contributed by atoms with E-state index in [2.05, 4.69) is 243 Å². The number of aromatic nitrogens is 4. The molecule has 1 aliphatic carbocycles. The van der Waals surface area contributed by atoms with Gasteiger partial charge in [0.25, 0.3) is 0 Å². The van der Waals surface area contributed by atoms with Crippen molar-refractivity contribution in [1.82, 2.24) is 24.2 Å². The average molecular weight is 1030 g/mol. The lowest BCUT2D eigenvalue weighted by molar-refractivity contribution is 0.510. The molecule has 6 heterocycles. The molecule has 0 fully saturated rings. The summed E-state index contributed by atoms with van der Waals surface area (Å²) < 4.78 is 7.36. The number of aliphatic imine (C=N–C) groups is 1. The van der Waals surface area contributed by atoms with Gasteiger partial charge in [0.15, 0.2) is 0 Å². The lowest BCUT2D eigenvalue weighted by atomic mass is 9.91. The van der Waals surface area contributed by atoms with Crippen LogP contribution < -0.4 is 21.2 Å². The largest absolute Gasteiger partial charge is 0.398 e. The van der Waals surface area contributed by atoms with Gasteiger partial charge < -0.3 is 10.3 Å². The quantitative estimate of drug-likeness (QED) is 0.126. The van der Waals surface area contributed by atoms with Gasteiger partial charge in [-0.05, 0) is 96.5 Å². The maximum Gasteiger partial charge on any atom is 0.242 e. The standard InChI is InChI=1S/C70H59N9/c1-3-59-66(67-47(2)45-51-31-16-19-37-60(51)76(67)65-41-24-36-58(72-65)50-29-12-6-13-30-50)56-34-18-21-40-63(56)78(59)79-70(73-64(74-79)46-48-25-8-4-9-26-48)77-62-39-20-17-33-53(62)55-43-42-54-52-32-14-7-15-38-61(52)75(68(54)69(55)77)44-23-22-35-57(71)49-27-10-5-11-28-49/h4-31,33-43,64,74H,3,32,44-46,71H2,1-2H3/b23-22-,57-35-. The molecule has 384 valence electrons. The molecular formula is C70H59N9. The summed E-state index contributed by atoms with van der Waals surface area (Å²) in [4.78, 5) is 13.8. The number of hydrogen-bond acceptors (Lipinski definition) is 6. The van der Waals surface area contributed by atoms with Crippen molar-refractivity contribution >= 4 is 78.5 Å². The van der Waals surface area contributed by atoms with Crippen LogP contribution >= 0.6 is 0 Å². The first-order valence-corrected chi connectivity index (χ1v) is 27.5. The van der Waals surface area contributed by atoms with Crippen LogP contribution in [0.2, 0.25) is 0 Å². The number of rotatable bonds is 11. The molecule has 79 heavy (non-hydrogen) atoms. The number of hydrogen-bond donors (Lipinski definition) is 2. The molecule has 0 radical (unpaired) electrons. The minimum atomic E-state index is -0.299. The number of anilines is 2. The van der Waals surface area contributed by atoms with E-state index in [1.165, 1.54) is 44.3 Å². The van der Waals surface area contributed by atoms with E-state index in [0.717, 1.165) is 103 Å². The van der Waals surface area contributed by atoms with E-state index in [1.807, 2.05) is 36.4 Å². The Balaban J connectivity index is 0.999. The van der Waals surface area contributed by atoms with Crippen LogP contribution in [0.1, 0.15) is 53.1 Å². The van der Waals surface area contributed by atoms with E-state index in [0.29, 0.717) is 13.0 Å². The highest BCUT2D eigenvalue weighted by Gasteiger charge is 2.37. The van der Waals surface area contributed by atoms with Gasteiger partial charge in [-0.25, -0.2) is 14.7 Å². The molecule has 0 saturated carbocycles. The zero-order valence-electron chi connectivity index (χ0n) is 44.3. The van der Waals surface area contributed by atoms with Crippen molar-refractivity contribution in [3.05, 3.63) is 275 Å². The summed E-state index contributed by atoms with van der Waals surface area (Å²) in [6.45, 7) is 5.22. The van der Waals surface area contributed by atoms with Crippen LogP contribution in [0.15, 0.2) is 241 Å². The summed E-state index contributed by atoms with van der Waals surface area (Å²) >= 11 is 0. The number of hydrazine groups is 1. The van der Waals surface area contributed by atoms with Crippen LogP contribution in [0.4, 0.5) is 11.5 Å². The SMILES string of the molecule is CCc1c(C2=C(C)Cc3ccccc3N2c2cccc(-c3ccccc3)n2)c2ccccc2n1N1NC(Cc2ccccc2)N=C1n1c2ccccc2c2ccc3c4c(n(C/C=C\C=C(/N)c5ccccc5)c3c21)C=CC=CC4. The number of pyridine rings is 1. The summed E-state index contributed by atoms with van der Waals surface area (Å²) in [6, 6.07) is 69.0. The van der Waals surface area contributed by atoms with Crippen LogP contribution in [-0.2, 0) is 32.2 Å². The first kappa shape index (κ1) is 47.7. The molecule has 11 aromatic rings. The van der Waals surface area contributed by atoms with Gasteiger partial charge in [0.2, 0.25) is 5.96 Å². The first-order valence-electron chi connectivity index (χ1n) is 27.5. The molecule has 7 aromatic carbocycles. The molecule has 3 N–H and O–H groups in total. The Morgan fingerprint density at radius 2 is 1.42 bits per heavy atom. The highest BCUT2D eigenvalue weighted by atomic mass is 15.8. The molecule has 1 unspecified atom stereocenters. The number of benzene rings is 7. The normalized spacial score (nSPS) is 15.5. The van der Waals surface area contributed by atoms with Gasteiger partial charge in [-0.3, -0.25) is 9.47 Å². The Labute approximate surface area is 460 Å². The van der Waals surface area contributed by atoms with Crippen LogP contribution in [0.5, 0.6) is 0 Å². The van der Waals surface area contributed by atoms with E-state index >= 15 is 0 Å². The molecule has 0 saturated heterocycles. The van der Waals surface area contributed by atoms with Crippen molar-refractivity contribution in [2.45, 2.75) is 52.2 Å². The third kappa shape index (κ3) is 8.20. The summed E-state index contributed by atoms with van der Waals surface area (Å²) in [5.74, 6) is 1.67. The lowest BCUT2D eigenvalue weighted by Gasteiger charge is -2.35. The number of fused-ring (bicyclic) bond motifs is 9. The average Bonchev–Trinajstić information content (AvgIpc) is 3.88. The summed E-state index contributed by atoms with van der Waals surface area (Å²) in [5.41, 5.74) is 29.7. The summed E-state index contributed by atoms with van der Waals surface area (Å²) in [6.07, 6.45) is 18.0. The fraction of sp³-hybridized carbons (Fsp3) is 0.114. The van der Waals surface area contributed by atoms with Crippen LogP contribution in [0.25, 0.3) is 72.3 Å². The molecule has 0 spiro atoms. The van der Waals surface area contributed by atoms with Crippen LogP contribution in [0, 0.1) is 0 Å². The number of allylic oxidation sites excluding steroid dienone is 7. The van der Waals surface area contributed by atoms with E-state index in [-0.39, 0.29) is 6.17 Å². The summed E-state index contributed by atoms with van der Waals surface area (Å²) in [5, 5.41) is 6.98. The van der Waals surface area contributed by atoms with Gasteiger partial charge in [-0.2, -0.15) is 10.5 Å². The monoisotopic (exact) mass is 1030 g/mol. The Morgan fingerprint density at radius 3 is 2.24 bits per heavy atom. The molecule has 4 aromatic heterocycles. The predicted molar refractivity (Wildman–Crippen MR) is 329 cm³/mol. The van der Waals surface area contributed by atoms with Crippen molar-refractivity contribution in [2.24, 2.45) is 10.7 Å². The van der Waals surface area contributed by atoms with E-state index in [1.54, 1.807) is 0 Å². The van der Waals surface area contributed by atoms with Crippen molar-refractivity contribution < 1.29 is 0 Å². The molecule has 2 aliphatic heterocycles. The van der Waals surface area contributed by atoms with E-state index in [4.69, 9.17) is 15.7 Å². The molecule has 1 atom stereocenters. The summed E-state index contributed by atoms with van der Waals surface area (Å²) in [7, 11) is 0. The first-order chi connectivity index (χ1) is 39.0. The molecule has 0 amide bonds. The molecule has 3 aliphatic rings. The Bertz CT molecular complexity index is 4350. The van der Waals surface area contributed by atoms with Gasteiger partial charge in [0.1, 0.15) is 12.0 Å². The van der Waals surface area contributed by atoms with Gasteiger partial charge in [-0.15, -0.1) is 0 Å². The van der Waals surface area contributed by atoms with Crippen molar-refractivity contribution in [1.29, 1.82) is 0 Å². The minimum Gasteiger partial charge on any atom is -0.398 e. The molecule has 9 heteroatoms. The van der Waals surface area contributed by atoms with Gasteiger partial charge in [0.05, 0.1) is 44.8 Å². The van der Waals surface area contributed by atoms with Crippen LogP contribution in [0.3, 0.4) is 0 Å². The fourth-order valence-electron chi connectivity index (χ4n) is 12.4. The third-order valence-electron chi connectivity index (χ3n) is 15.9. The second-order valence-corrected chi connectivity index (χ2v) is 20.7. The Hall–Kier alpha value is -9.70. The number of nitrogens with two attached hydrogens (primary N) is 1. The van der Waals surface area contributed by atoms with Crippen molar-refractivity contribution in [3.63, 3.8) is 0 Å². The van der Waals surface area contributed by atoms with Gasteiger partial charge in [0, 0.05) is 57.0 Å². The smallest absolute Gasteiger partial charge is 0.242 e. The van der Waals surface area contributed by atoms with E-state index in [9.17, 15) is 0 Å². The Kier molecular flexibility index (Phi) is 12.1. The molecular weight excluding hydrogens is 967 g/mol. The van der Waals surface area contributed by atoms with Crippen molar-refractivity contribution in [2.75, 3.05) is 10.0 Å². The maximum atomic E-state index is 6.64. The number of nitrogens with one attached hydrogen (secondary N) is 1.